The predicted octanol–water partition coefficient (Wildman–Crippen LogP) is 3.10. The fourth-order valence-electron chi connectivity index (χ4n) is 3.18. The molecule has 0 unspecified atom stereocenters. The number of thioether (sulfide) groups is 1. The fourth-order valence-corrected chi connectivity index (χ4v) is 4.46. The first-order chi connectivity index (χ1) is 13.0. The van der Waals surface area contributed by atoms with Crippen LogP contribution in [0.1, 0.15) is 11.5 Å². The molecule has 0 radical (unpaired) electrons. The number of imidazole rings is 1. The molecule has 1 fully saturated rings. The summed E-state index contributed by atoms with van der Waals surface area (Å²) in [6, 6.07) is 5.84. The van der Waals surface area contributed by atoms with Gasteiger partial charge in [-0.3, -0.25) is 19.1 Å². The van der Waals surface area contributed by atoms with E-state index in [1.54, 1.807) is 11.0 Å². The number of carbonyl (C=O) groups is 2. The number of rotatable bonds is 2. The van der Waals surface area contributed by atoms with E-state index in [0.29, 0.717) is 23.3 Å². The first-order valence-electron chi connectivity index (χ1n) is 7.94. The average Bonchev–Trinajstić information content (AvgIpc) is 3.28. The third-order valence-corrected chi connectivity index (χ3v) is 6.10. The highest BCUT2D eigenvalue weighted by Gasteiger charge is 2.32. The zero-order valence-corrected chi connectivity index (χ0v) is 16.8. The number of benzene rings is 1. The van der Waals surface area contributed by atoms with Crippen molar-refractivity contribution in [2.45, 2.75) is 13.1 Å². The summed E-state index contributed by atoms with van der Waals surface area (Å²) in [6.45, 7) is 0.436. The number of amides is 2. The van der Waals surface area contributed by atoms with Crippen molar-refractivity contribution in [1.82, 2.24) is 29.2 Å². The molecule has 2 aliphatic rings. The number of halogens is 2. The summed E-state index contributed by atoms with van der Waals surface area (Å²) in [7, 11) is 0. The molecule has 1 aromatic carbocycles. The molecule has 2 amide bonds. The molecule has 2 aliphatic heterocycles. The summed E-state index contributed by atoms with van der Waals surface area (Å²) >= 11 is 10.8. The second-order valence-corrected chi connectivity index (χ2v) is 8.26. The molecule has 0 saturated carbocycles. The number of carbonyl (C=O) groups excluding carboxylic acids is 2. The van der Waals surface area contributed by atoms with E-state index in [0.717, 1.165) is 33.2 Å². The van der Waals surface area contributed by atoms with E-state index >= 15 is 0 Å². The van der Waals surface area contributed by atoms with Crippen LogP contribution >= 0.6 is 39.3 Å². The molecule has 136 valence electrons. The van der Waals surface area contributed by atoms with Crippen molar-refractivity contribution in [1.29, 1.82) is 0 Å². The van der Waals surface area contributed by atoms with Gasteiger partial charge in [0.2, 0.25) is 5.91 Å². The number of hydrogen-bond acceptors (Lipinski definition) is 6. The number of fused-ring (bicyclic) bond motifs is 5. The van der Waals surface area contributed by atoms with Crippen molar-refractivity contribution >= 4 is 50.4 Å². The number of hydrogen-bond donors (Lipinski definition) is 0. The standard InChI is InChI=1S/C16H10BrClN6O2S/c17-8-1-2-10-9(3-8)15-20-12(5-22-13(25)6-27-16(22)26)21-24(15)4-11-14(18)19-7-23(10)11/h1-3,7H,4-6H2. The summed E-state index contributed by atoms with van der Waals surface area (Å²) in [4.78, 5) is 33.8. The normalized spacial score (nSPS) is 15.6. The molecule has 2 aromatic heterocycles. The van der Waals surface area contributed by atoms with Crippen LogP contribution < -0.4 is 0 Å². The predicted molar refractivity (Wildman–Crippen MR) is 103 cm³/mol. The van der Waals surface area contributed by atoms with Gasteiger partial charge in [-0.1, -0.05) is 39.3 Å². The molecule has 0 aliphatic carbocycles. The van der Waals surface area contributed by atoms with Crippen LogP contribution in [0, 0.1) is 0 Å². The Hall–Kier alpha value is -2.17. The Morgan fingerprint density at radius 3 is 2.93 bits per heavy atom. The molecule has 8 nitrogen and oxygen atoms in total. The van der Waals surface area contributed by atoms with Crippen molar-refractivity contribution in [3.8, 4) is 17.1 Å². The van der Waals surface area contributed by atoms with Crippen LogP contribution in [0.3, 0.4) is 0 Å². The van der Waals surface area contributed by atoms with Crippen molar-refractivity contribution in [3.63, 3.8) is 0 Å². The van der Waals surface area contributed by atoms with Gasteiger partial charge < -0.3 is 0 Å². The number of imide groups is 1. The van der Waals surface area contributed by atoms with Crippen molar-refractivity contribution < 1.29 is 9.59 Å². The monoisotopic (exact) mass is 464 g/mol. The Morgan fingerprint density at radius 1 is 1.30 bits per heavy atom. The van der Waals surface area contributed by atoms with Crippen molar-refractivity contribution in [2.75, 3.05) is 5.75 Å². The molecule has 1 saturated heterocycles. The molecule has 11 heteroatoms. The number of aromatic nitrogens is 5. The highest BCUT2D eigenvalue weighted by molar-refractivity contribution is 9.10. The Labute approximate surface area is 170 Å². The van der Waals surface area contributed by atoms with Gasteiger partial charge in [-0.15, -0.1) is 0 Å². The van der Waals surface area contributed by atoms with E-state index < -0.39 is 0 Å². The summed E-state index contributed by atoms with van der Waals surface area (Å²) in [5.41, 5.74) is 2.53. The maximum Gasteiger partial charge on any atom is 0.289 e. The van der Waals surface area contributed by atoms with E-state index in [-0.39, 0.29) is 23.4 Å². The number of nitrogens with zero attached hydrogens (tertiary/aromatic N) is 6. The van der Waals surface area contributed by atoms with Crippen LogP contribution in [0.25, 0.3) is 17.1 Å². The van der Waals surface area contributed by atoms with E-state index in [9.17, 15) is 9.59 Å². The van der Waals surface area contributed by atoms with E-state index in [1.165, 1.54) is 4.90 Å². The van der Waals surface area contributed by atoms with Gasteiger partial charge in [0.1, 0.15) is 6.33 Å². The Bertz CT molecular complexity index is 1110. The minimum Gasteiger partial charge on any atom is -0.299 e. The van der Waals surface area contributed by atoms with Gasteiger partial charge in [-0.05, 0) is 18.2 Å². The van der Waals surface area contributed by atoms with Crippen molar-refractivity contribution in [3.05, 3.63) is 45.7 Å². The van der Waals surface area contributed by atoms with Crippen LogP contribution in [0.4, 0.5) is 4.79 Å². The molecule has 0 atom stereocenters. The summed E-state index contributed by atoms with van der Waals surface area (Å²) in [5, 5.41) is 4.66. The van der Waals surface area contributed by atoms with Crippen LogP contribution in [0.15, 0.2) is 29.0 Å². The quantitative estimate of drug-likeness (QED) is 0.452. The lowest BCUT2D eigenvalue weighted by atomic mass is 10.1. The molecule has 0 N–H and O–H groups in total. The van der Waals surface area contributed by atoms with Crippen LogP contribution in [-0.4, -0.2) is 46.1 Å². The van der Waals surface area contributed by atoms with Crippen LogP contribution in [0.5, 0.6) is 0 Å². The van der Waals surface area contributed by atoms with Gasteiger partial charge in [-0.25, -0.2) is 14.6 Å². The molecule has 0 spiro atoms. The van der Waals surface area contributed by atoms with Gasteiger partial charge in [0.15, 0.2) is 16.8 Å². The second-order valence-electron chi connectivity index (χ2n) is 6.06. The maximum absolute atomic E-state index is 11.9. The Morgan fingerprint density at radius 2 is 2.15 bits per heavy atom. The largest absolute Gasteiger partial charge is 0.299 e. The van der Waals surface area contributed by atoms with Crippen LogP contribution in [-0.2, 0) is 17.9 Å². The van der Waals surface area contributed by atoms with E-state index in [2.05, 4.69) is 31.0 Å². The zero-order valence-electron chi connectivity index (χ0n) is 13.6. The Balaban J connectivity index is 1.64. The smallest absolute Gasteiger partial charge is 0.289 e. The zero-order chi connectivity index (χ0) is 18.7. The summed E-state index contributed by atoms with van der Waals surface area (Å²) in [5.74, 6) is 0.994. The van der Waals surface area contributed by atoms with Gasteiger partial charge in [0.05, 0.1) is 30.2 Å². The minimum atomic E-state index is -0.269. The van der Waals surface area contributed by atoms with Gasteiger partial charge >= 0.3 is 0 Å². The third-order valence-electron chi connectivity index (χ3n) is 4.43. The lowest BCUT2D eigenvalue weighted by Gasteiger charge is -2.10. The van der Waals surface area contributed by atoms with E-state index in [1.807, 2.05) is 22.8 Å². The molecule has 0 bridgehead atoms. The van der Waals surface area contributed by atoms with E-state index in [4.69, 9.17) is 11.6 Å². The SMILES string of the molecule is O=C1CSC(=O)N1Cc1nc2n(n1)Cc1c(Cl)ncn1-c1ccc(Br)cc1-2. The summed E-state index contributed by atoms with van der Waals surface area (Å²) in [6.07, 6.45) is 1.68. The maximum atomic E-state index is 11.9. The third kappa shape index (κ3) is 2.70. The molecular formula is C16H10BrClN6O2S. The van der Waals surface area contributed by atoms with Gasteiger partial charge in [0, 0.05) is 10.0 Å². The topological polar surface area (TPSA) is 85.9 Å². The minimum absolute atomic E-state index is 0.0565. The second kappa shape index (κ2) is 6.18. The van der Waals surface area contributed by atoms with Gasteiger partial charge in [-0.2, -0.15) is 5.10 Å². The Kier molecular flexibility index (Phi) is 3.88. The molecular weight excluding hydrogens is 456 g/mol. The van der Waals surface area contributed by atoms with Gasteiger partial charge in [0.25, 0.3) is 5.24 Å². The van der Waals surface area contributed by atoms with Crippen molar-refractivity contribution in [2.24, 2.45) is 0 Å². The molecule has 5 rings (SSSR count). The first kappa shape index (κ1) is 17.0. The lowest BCUT2D eigenvalue weighted by Crippen LogP contribution is -2.28. The van der Waals surface area contributed by atoms with Crippen LogP contribution in [0.2, 0.25) is 5.15 Å². The molecule has 27 heavy (non-hydrogen) atoms. The average molecular weight is 466 g/mol. The lowest BCUT2D eigenvalue weighted by molar-refractivity contribution is -0.125. The first-order valence-corrected chi connectivity index (χ1v) is 10.1. The fraction of sp³-hybridized carbons (Fsp3) is 0.188. The highest BCUT2D eigenvalue weighted by atomic mass is 79.9. The molecule has 3 aromatic rings. The molecule has 4 heterocycles. The highest BCUT2D eigenvalue weighted by Crippen LogP contribution is 2.34. The summed E-state index contributed by atoms with van der Waals surface area (Å²) < 4.78 is 4.54.